The quantitative estimate of drug-likeness (QED) is 0.674. The lowest BCUT2D eigenvalue weighted by molar-refractivity contribution is -0.141. The van der Waals surface area contributed by atoms with Crippen molar-refractivity contribution in [2.45, 2.75) is 32.2 Å². The first-order valence-corrected chi connectivity index (χ1v) is 6.84. The Bertz CT molecular complexity index is 434. The van der Waals surface area contributed by atoms with E-state index in [2.05, 4.69) is 5.32 Å². The number of nitrogens with two attached hydrogens (primary N) is 1. The number of carbonyl (C=O) groups is 2. The Balaban J connectivity index is 2.41. The number of amides is 1. The predicted octanol–water partition coefficient (Wildman–Crippen LogP) is 1.69. The molecule has 1 amide bonds. The van der Waals surface area contributed by atoms with Gasteiger partial charge in [-0.2, -0.15) is 0 Å². The molecule has 0 aliphatic heterocycles. The fraction of sp³-hybridized carbons (Fsp3) is 0.467. The van der Waals surface area contributed by atoms with Crippen molar-refractivity contribution in [1.82, 2.24) is 5.32 Å². The van der Waals surface area contributed by atoms with Crippen LogP contribution in [0.25, 0.3) is 0 Å². The Morgan fingerprint density at radius 1 is 1.30 bits per heavy atom. The zero-order chi connectivity index (χ0) is 15.0. The lowest BCUT2D eigenvalue weighted by Gasteiger charge is -2.15. The average Bonchev–Trinajstić information content (AvgIpc) is 2.44. The monoisotopic (exact) mass is 278 g/mol. The summed E-state index contributed by atoms with van der Waals surface area (Å²) < 4.78 is 0. The van der Waals surface area contributed by atoms with E-state index in [4.69, 9.17) is 10.8 Å². The molecule has 0 aliphatic rings. The number of hydrogen-bond donors (Lipinski definition) is 3. The summed E-state index contributed by atoms with van der Waals surface area (Å²) in [5.41, 5.74) is 6.84. The molecular formula is C15H22N2O3. The van der Waals surface area contributed by atoms with Gasteiger partial charge in [-0.05, 0) is 12.0 Å². The first-order valence-electron chi connectivity index (χ1n) is 6.84. The van der Waals surface area contributed by atoms with E-state index in [9.17, 15) is 9.59 Å². The highest BCUT2D eigenvalue weighted by molar-refractivity contribution is 5.78. The zero-order valence-corrected chi connectivity index (χ0v) is 11.7. The second-order valence-corrected chi connectivity index (χ2v) is 4.85. The molecular weight excluding hydrogens is 256 g/mol. The standard InChI is InChI=1S/C15H22N2O3/c1-2-6-12(15(19)20)10-17-14(18)9-13(16)11-7-4-3-5-8-11/h3-5,7-8,12-13H,2,6,9-10,16H2,1H3,(H,17,18)(H,19,20). The van der Waals surface area contributed by atoms with E-state index < -0.39 is 11.9 Å². The molecule has 110 valence electrons. The molecule has 5 heteroatoms. The van der Waals surface area contributed by atoms with Crippen molar-refractivity contribution in [3.05, 3.63) is 35.9 Å². The second-order valence-electron chi connectivity index (χ2n) is 4.85. The second kappa shape index (κ2) is 8.32. The zero-order valence-electron chi connectivity index (χ0n) is 11.7. The summed E-state index contributed by atoms with van der Waals surface area (Å²) >= 11 is 0. The maximum Gasteiger partial charge on any atom is 0.308 e. The predicted molar refractivity (Wildman–Crippen MR) is 77.0 cm³/mol. The first-order chi connectivity index (χ1) is 9.54. The average molecular weight is 278 g/mol. The molecule has 4 N–H and O–H groups in total. The van der Waals surface area contributed by atoms with Gasteiger partial charge in [0.05, 0.1) is 5.92 Å². The van der Waals surface area contributed by atoms with Crippen LogP contribution in [0.15, 0.2) is 30.3 Å². The van der Waals surface area contributed by atoms with Crippen LogP contribution in [0.5, 0.6) is 0 Å². The number of benzene rings is 1. The number of carboxylic acid groups (broad SMARTS) is 1. The molecule has 0 spiro atoms. The van der Waals surface area contributed by atoms with E-state index in [0.29, 0.717) is 6.42 Å². The fourth-order valence-corrected chi connectivity index (χ4v) is 1.99. The van der Waals surface area contributed by atoms with E-state index >= 15 is 0 Å². The molecule has 0 aliphatic carbocycles. The van der Waals surface area contributed by atoms with E-state index in [1.165, 1.54) is 0 Å². The third kappa shape index (κ3) is 5.40. The van der Waals surface area contributed by atoms with Crippen LogP contribution in [-0.2, 0) is 9.59 Å². The molecule has 20 heavy (non-hydrogen) atoms. The Labute approximate surface area is 119 Å². The van der Waals surface area contributed by atoms with Gasteiger partial charge in [0.1, 0.15) is 0 Å². The van der Waals surface area contributed by atoms with Crippen molar-refractivity contribution < 1.29 is 14.7 Å². The largest absolute Gasteiger partial charge is 0.481 e. The van der Waals surface area contributed by atoms with Gasteiger partial charge in [0.25, 0.3) is 0 Å². The Hall–Kier alpha value is -1.88. The van der Waals surface area contributed by atoms with Gasteiger partial charge < -0.3 is 16.2 Å². The van der Waals surface area contributed by atoms with Crippen LogP contribution in [-0.4, -0.2) is 23.5 Å². The SMILES string of the molecule is CCCC(CNC(=O)CC(N)c1ccccc1)C(=O)O. The van der Waals surface area contributed by atoms with E-state index in [1.54, 1.807) is 0 Å². The third-order valence-electron chi connectivity index (χ3n) is 3.17. The fourth-order valence-electron chi connectivity index (χ4n) is 1.99. The topological polar surface area (TPSA) is 92.4 Å². The van der Waals surface area contributed by atoms with Gasteiger partial charge in [0.15, 0.2) is 0 Å². The van der Waals surface area contributed by atoms with Gasteiger partial charge in [0, 0.05) is 19.0 Å². The number of aliphatic carboxylic acids is 1. The molecule has 0 saturated carbocycles. The van der Waals surface area contributed by atoms with Crippen LogP contribution in [0.3, 0.4) is 0 Å². The number of carbonyl (C=O) groups excluding carboxylic acids is 1. The van der Waals surface area contributed by atoms with Crippen molar-refractivity contribution in [2.75, 3.05) is 6.54 Å². The van der Waals surface area contributed by atoms with Crippen LogP contribution < -0.4 is 11.1 Å². The van der Waals surface area contributed by atoms with Crippen LogP contribution in [0.2, 0.25) is 0 Å². The first kappa shape index (κ1) is 16.2. The Kier molecular flexibility index (Phi) is 6.73. The summed E-state index contributed by atoms with van der Waals surface area (Å²) in [7, 11) is 0. The minimum Gasteiger partial charge on any atom is -0.481 e. The van der Waals surface area contributed by atoms with Gasteiger partial charge in [-0.25, -0.2) is 0 Å². The highest BCUT2D eigenvalue weighted by atomic mass is 16.4. The summed E-state index contributed by atoms with van der Waals surface area (Å²) in [6, 6.07) is 9.00. The number of hydrogen-bond acceptors (Lipinski definition) is 3. The molecule has 0 saturated heterocycles. The maximum absolute atomic E-state index is 11.8. The van der Waals surface area contributed by atoms with Crippen molar-refractivity contribution >= 4 is 11.9 Å². The van der Waals surface area contributed by atoms with Gasteiger partial charge in [0.2, 0.25) is 5.91 Å². The molecule has 2 unspecified atom stereocenters. The molecule has 0 radical (unpaired) electrons. The summed E-state index contributed by atoms with van der Waals surface area (Å²) in [5, 5.41) is 11.7. The molecule has 0 fully saturated rings. The minimum absolute atomic E-state index is 0.155. The molecule has 1 aromatic carbocycles. The van der Waals surface area contributed by atoms with Crippen molar-refractivity contribution in [2.24, 2.45) is 11.7 Å². The number of rotatable bonds is 8. The van der Waals surface area contributed by atoms with Crippen LogP contribution >= 0.6 is 0 Å². The van der Waals surface area contributed by atoms with Crippen LogP contribution in [0, 0.1) is 5.92 Å². The summed E-state index contributed by atoms with van der Waals surface area (Å²) in [5.74, 6) is -1.62. The highest BCUT2D eigenvalue weighted by Crippen LogP contribution is 2.13. The summed E-state index contributed by atoms with van der Waals surface area (Å²) in [4.78, 5) is 22.7. The lowest BCUT2D eigenvalue weighted by Crippen LogP contribution is -2.34. The molecule has 2 atom stereocenters. The Morgan fingerprint density at radius 3 is 2.50 bits per heavy atom. The number of carboxylic acids is 1. The van der Waals surface area contributed by atoms with Gasteiger partial charge in [-0.3, -0.25) is 9.59 Å². The van der Waals surface area contributed by atoms with Crippen molar-refractivity contribution in [3.8, 4) is 0 Å². The van der Waals surface area contributed by atoms with Crippen LogP contribution in [0.1, 0.15) is 37.8 Å². The minimum atomic E-state index is -0.875. The summed E-state index contributed by atoms with van der Waals surface area (Å²) in [6.07, 6.45) is 1.49. The van der Waals surface area contributed by atoms with Crippen molar-refractivity contribution in [1.29, 1.82) is 0 Å². The van der Waals surface area contributed by atoms with Gasteiger partial charge in [-0.1, -0.05) is 43.7 Å². The molecule has 1 rings (SSSR count). The molecule has 0 aromatic heterocycles. The molecule has 5 nitrogen and oxygen atoms in total. The van der Waals surface area contributed by atoms with E-state index in [0.717, 1.165) is 12.0 Å². The molecule has 1 aromatic rings. The van der Waals surface area contributed by atoms with Crippen molar-refractivity contribution in [3.63, 3.8) is 0 Å². The van der Waals surface area contributed by atoms with Gasteiger partial charge >= 0.3 is 5.97 Å². The normalized spacial score (nSPS) is 13.5. The number of nitrogens with one attached hydrogen (secondary N) is 1. The lowest BCUT2D eigenvalue weighted by atomic mass is 10.0. The van der Waals surface area contributed by atoms with E-state index in [-0.39, 0.29) is 24.9 Å². The maximum atomic E-state index is 11.8. The van der Waals surface area contributed by atoms with Gasteiger partial charge in [-0.15, -0.1) is 0 Å². The summed E-state index contributed by atoms with van der Waals surface area (Å²) in [6.45, 7) is 2.08. The highest BCUT2D eigenvalue weighted by Gasteiger charge is 2.18. The molecule has 0 bridgehead atoms. The van der Waals surface area contributed by atoms with E-state index in [1.807, 2.05) is 37.3 Å². The Morgan fingerprint density at radius 2 is 1.95 bits per heavy atom. The third-order valence-corrected chi connectivity index (χ3v) is 3.17. The molecule has 0 heterocycles. The smallest absolute Gasteiger partial charge is 0.308 e. The van der Waals surface area contributed by atoms with Crippen LogP contribution in [0.4, 0.5) is 0 Å².